The Morgan fingerprint density at radius 3 is 1.44 bits per heavy atom. The molecule has 17 heteroatoms. The number of carbonyl (C=O) groups excluding carboxylic acids is 7. The molecule has 0 aromatic heterocycles. The number of hydrogen-bond donors (Lipinski definition) is 0. The molecule has 0 aromatic rings. The minimum atomic E-state index is -1.72. The van der Waals surface area contributed by atoms with E-state index in [1.165, 1.54) is 0 Å². The van der Waals surface area contributed by atoms with Crippen molar-refractivity contribution in [2.24, 2.45) is 0 Å². The van der Waals surface area contributed by atoms with Gasteiger partial charge >= 0.3 is 41.8 Å². The van der Waals surface area contributed by atoms with Crippen LogP contribution >= 0.6 is 0 Å². The largest absolute Gasteiger partial charge is 0.463 e. The maximum atomic E-state index is 12.2. The van der Waals surface area contributed by atoms with Gasteiger partial charge in [0.25, 0.3) is 0 Å². The number of carbonyl (C=O) groups is 7. The van der Waals surface area contributed by atoms with Gasteiger partial charge in [-0.1, -0.05) is 0 Å². The molecule has 43 heavy (non-hydrogen) atoms. The number of hydrogen-bond acceptors (Lipinski definition) is 17. The molecular formula is C26H35O17. The Hall–Kier alpha value is -3.83. The van der Waals surface area contributed by atoms with Crippen molar-refractivity contribution in [2.45, 2.75) is 104 Å². The summed E-state index contributed by atoms with van der Waals surface area (Å²) in [5.74, 6) is -5.62. The molecule has 0 aliphatic carbocycles. The molecule has 2 heterocycles. The quantitative estimate of drug-likeness (QED) is 0.209. The highest BCUT2D eigenvalue weighted by Crippen LogP contribution is 2.34. The molecular weight excluding hydrogens is 584 g/mol. The minimum Gasteiger partial charge on any atom is -0.463 e. The van der Waals surface area contributed by atoms with E-state index in [-0.39, 0.29) is 0 Å². The van der Waals surface area contributed by atoms with E-state index in [1.54, 1.807) is 0 Å². The van der Waals surface area contributed by atoms with E-state index >= 15 is 0 Å². The van der Waals surface area contributed by atoms with Crippen LogP contribution in [0.4, 0.5) is 0 Å². The van der Waals surface area contributed by atoms with Gasteiger partial charge in [0, 0.05) is 48.5 Å². The predicted octanol–water partition coefficient (Wildman–Crippen LogP) is -0.558. The van der Waals surface area contributed by atoms with Crippen LogP contribution in [-0.2, 0) is 80.9 Å². The zero-order valence-electron chi connectivity index (χ0n) is 24.6. The highest BCUT2D eigenvalue weighted by atomic mass is 16.8. The van der Waals surface area contributed by atoms with Gasteiger partial charge in [-0.2, -0.15) is 0 Å². The molecule has 2 rings (SSSR count). The standard InChI is InChI=1S/C26H35O17/c1-11(27)34-8-18-21(22(38-14(4)30)19(10-36-18)37-13(3)29)43-26-25(41-17(7)33)24(40-16(6)32)23(39-15(5)31)20(42-26)9-35-12(2)28/h10,18-26H,8-9H2,1-7H3/t18-,19+,20-,21-,22-,23-,24+,25-,26-/m1/s1. The molecule has 9 atom stereocenters. The third-order valence-electron chi connectivity index (χ3n) is 5.70. The molecule has 241 valence electrons. The molecule has 1 radical (unpaired) electrons. The first-order chi connectivity index (χ1) is 20.1. The van der Waals surface area contributed by atoms with Crippen LogP contribution in [0.15, 0.2) is 0 Å². The van der Waals surface area contributed by atoms with Crippen LogP contribution in [0.5, 0.6) is 0 Å². The zero-order chi connectivity index (χ0) is 32.4. The maximum absolute atomic E-state index is 12.2. The zero-order valence-corrected chi connectivity index (χ0v) is 24.6. The summed E-state index contributed by atoms with van der Waals surface area (Å²) in [7, 11) is 0. The van der Waals surface area contributed by atoms with E-state index < -0.39 is 110 Å². The summed E-state index contributed by atoms with van der Waals surface area (Å²) in [5, 5.41) is 0. The molecule has 0 spiro atoms. The molecule has 0 unspecified atom stereocenters. The first-order valence-electron chi connectivity index (χ1n) is 13.0. The van der Waals surface area contributed by atoms with Gasteiger partial charge in [0.05, 0.1) is 0 Å². The van der Waals surface area contributed by atoms with Gasteiger partial charge in [-0.05, 0) is 0 Å². The van der Waals surface area contributed by atoms with Gasteiger partial charge in [0.2, 0.25) is 0 Å². The van der Waals surface area contributed by atoms with Gasteiger partial charge in [-0.25, -0.2) is 0 Å². The van der Waals surface area contributed by atoms with Crippen molar-refractivity contribution in [3.8, 4) is 0 Å². The lowest BCUT2D eigenvalue weighted by atomic mass is 9.96. The summed E-state index contributed by atoms with van der Waals surface area (Å²) >= 11 is 0. The SMILES string of the molecule is CC(=O)OC[C@H]1O[C@H](O[C@H]2[C@H](OC(C)=O)[C@@H](OC(C)=O)[CH]O[C@@H]2COC(C)=O)[C@H](OC(C)=O)[C@@H](OC(C)=O)[C@@H]1OC(C)=O. The van der Waals surface area contributed by atoms with E-state index in [4.69, 9.17) is 47.4 Å². The Labute approximate surface area is 246 Å². The van der Waals surface area contributed by atoms with E-state index in [1.807, 2.05) is 0 Å². The molecule has 17 nitrogen and oxygen atoms in total. The first-order valence-corrected chi connectivity index (χ1v) is 13.0. The van der Waals surface area contributed by atoms with Crippen LogP contribution in [-0.4, -0.2) is 110 Å². The van der Waals surface area contributed by atoms with Crippen molar-refractivity contribution in [3.63, 3.8) is 0 Å². The average Bonchev–Trinajstić information content (AvgIpc) is 2.86. The molecule has 0 aromatic carbocycles. The van der Waals surface area contributed by atoms with Crippen molar-refractivity contribution in [1.82, 2.24) is 0 Å². The third kappa shape index (κ3) is 11.1. The fourth-order valence-corrected chi connectivity index (χ4v) is 4.30. The van der Waals surface area contributed by atoms with Crippen LogP contribution < -0.4 is 0 Å². The Balaban J connectivity index is 2.62. The van der Waals surface area contributed by atoms with Gasteiger partial charge in [-0.3, -0.25) is 33.6 Å². The highest BCUT2D eigenvalue weighted by molar-refractivity contribution is 5.69. The summed E-state index contributed by atoms with van der Waals surface area (Å²) in [5.41, 5.74) is 0. The Morgan fingerprint density at radius 1 is 0.512 bits per heavy atom. The molecule has 2 aliphatic heterocycles. The maximum Gasteiger partial charge on any atom is 0.303 e. The second-order valence-corrected chi connectivity index (χ2v) is 9.43. The van der Waals surface area contributed by atoms with Gasteiger partial charge in [-0.15, -0.1) is 0 Å². The molecule has 0 N–H and O–H groups in total. The van der Waals surface area contributed by atoms with Gasteiger partial charge < -0.3 is 47.4 Å². The minimum absolute atomic E-state index is 0.452. The summed E-state index contributed by atoms with van der Waals surface area (Å²) in [6.45, 7) is 7.62. The Morgan fingerprint density at radius 2 is 0.953 bits per heavy atom. The predicted molar refractivity (Wildman–Crippen MR) is 134 cm³/mol. The molecule has 0 bridgehead atoms. The highest BCUT2D eigenvalue weighted by Gasteiger charge is 2.56. The Bertz CT molecular complexity index is 1060. The third-order valence-corrected chi connectivity index (χ3v) is 5.70. The van der Waals surface area contributed by atoms with E-state index in [0.717, 1.165) is 55.1 Å². The fourth-order valence-electron chi connectivity index (χ4n) is 4.30. The van der Waals surface area contributed by atoms with Crippen LogP contribution in [0.25, 0.3) is 0 Å². The molecule has 0 saturated carbocycles. The average molecular weight is 620 g/mol. The molecule has 2 saturated heterocycles. The second kappa shape index (κ2) is 16.1. The summed E-state index contributed by atoms with van der Waals surface area (Å²) in [6, 6.07) is 0. The van der Waals surface area contributed by atoms with Gasteiger partial charge in [0.1, 0.15) is 38.1 Å². The van der Waals surface area contributed by atoms with E-state index in [2.05, 4.69) is 0 Å². The molecule has 0 amide bonds. The van der Waals surface area contributed by atoms with Crippen LogP contribution in [0.1, 0.15) is 48.5 Å². The normalized spacial score (nSPS) is 30.2. The molecule has 2 aliphatic rings. The van der Waals surface area contributed by atoms with Crippen molar-refractivity contribution in [3.05, 3.63) is 6.61 Å². The van der Waals surface area contributed by atoms with Crippen molar-refractivity contribution < 1.29 is 80.9 Å². The topological polar surface area (TPSA) is 212 Å². The summed E-state index contributed by atoms with van der Waals surface area (Å²) in [6.07, 6.45) is -13.2. The van der Waals surface area contributed by atoms with E-state index in [0.29, 0.717) is 0 Å². The van der Waals surface area contributed by atoms with E-state index in [9.17, 15) is 33.6 Å². The summed E-state index contributed by atoms with van der Waals surface area (Å²) < 4.78 is 54.5. The van der Waals surface area contributed by atoms with Crippen molar-refractivity contribution in [1.29, 1.82) is 0 Å². The Kier molecular flexibility index (Phi) is 13.3. The van der Waals surface area contributed by atoms with Crippen molar-refractivity contribution in [2.75, 3.05) is 13.2 Å². The van der Waals surface area contributed by atoms with Crippen LogP contribution in [0.3, 0.4) is 0 Å². The number of ether oxygens (including phenoxy) is 10. The number of rotatable bonds is 11. The monoisotopic (exact) mass is 619 g/mol. The summed E-state index contributed by atoms with van der Waals surface area (Å²) in [4.78, 5) is 83.3. The lowest BCUT2D eigenvalue weighted by Crippen LogP contribution is -2.65. The fraction of sp³-hybridized carbons (Fsp3) is 0.692. The van der Waals surface area contributed by atoms with Crippen LogP contribution in [0.2, 0.25) is 0 Å². The van der Waals surface area contributed by atoms with Gasteiger partial charge in [0.15, 0.2) is 36.8 Å². The second-order valence-electron chi connectivity index (χ2n) is 9.43. The van der Waals surface area contributed by atoms with Crippen molar-refractivity contribution >= 4 is 41.8 Å². The number of esters is 7. The molecule has 2 fully saturated rings. The lowest BCUT2D eigenvalue weighted by molar-refractivity contribution is -0.336. The lowest BCUT2D eigenvalue weighted by Gasteiger charge is -2.47. The first kappa shape index (κ1) is 35.4. The smallest absolute Gasteiger partial charge is 0.303 e. The van der Waals surface area contributed by atoms with Crippen LogP contribution in [0, 0.1) is 6.61 Å².